The van der Waals surface area contributed by atoms with Crippen molar-refractivity contribution in [2.75, 3.05) is 17.1 Å². The maximum absolute atomic E-state index is 15.3. The van der Waals surface area contributed by atoms with E-state index >= 15 is 4.39 Å². The lowest BCUT2D eigenvalue weighted by molar-refractivity contribution is -0.114. The van der Waals surface area contributed by atoms with Crippen LogP contribution in [0.5, 0.6) is 5.88 Å². The lowest BCUT2D eigenvalue weighted by Gasteiger charge is -2.12. The number of carbonyl (C=O) groups excluding carboxylic acids is 1. The fraction of sp³-hybridized carbons (Fsp3) is 0.0909. The maximum Gasteiger partial charge on any atom is 0.229 e. The quantitative estimate of drug-likeness (QED) is 0.357. The molecule has 0 radical (unpaired) electrons. The number of hydrogen-bond donors (Lipinski definition) is 2. The van der Waals surface area contributed by atoms with Crippen LogP contribution in [0.25, 0.3) is 22.0 Å². The summed E-state index contributed by atoms with van der Waals surface area (Å²) in [5, 5.41) is 3.71. The van der Waals surface area contributed by atoms with Crippen LogP contribution in [0.3, 0.4) is 0 Å². The first kappa shape index (κ1) is 21.8. The molecule has 0 aliphatic carbocycles. The number of fused-ring (bicyclic) bond motifs is 1. The number of benzene rings is 2. The van der Waals surface area contributed by atoms with E-state index in [0.717, 1.165) is 17.3 Å². The zero-order valence-electron chi connectivity index (χ0n) is 17.0. The molecule has 2 N–H and O–H groups in total. The Kier molecular flexibility index (Phi) is 6.38. The number of hydrogen-bond acceptors (Lipinski definition) is 7. The van der Waals surface area contributed by atoms with E-state index in [1.165, 1.54) is 20.2 Å². The van der Waals surface area contributed by atoms with Crippen molar-refractivity contribution in [2.24, 2.45) is 0 Å². The highest BCUT2D eigenvalue weighted by molar-refractivity contribution is 8.00. The normalized spacial score (nSPS) is 10.8. The van der Waals surface area contributed by atoms with Crippen LogP contribution in [0, 0.1) is 5.82 Å². The molecule has 0 aliphatic rings. The molecule has 32 heavy (non-hydrogen) atoms. The summed E-state index contributed by atoms with van der Waals surface area (Å²) in [6.07, 6.45) is 3.07. The van der Waals surface area contributed by atoms with Gasteiger partial charge in [-0.15, -0.1) is 0 Å². The van der Waals surface area contributed by atoms with Crippen molar-refractivity contribution in [3.05, 3.63) is 65.7 Å². The molecule has 0 unspecified atom stereocenters. The number of methoxy groups -OCH3 is 1. The van der Waals surface area contributed by atoms with Gasteiger partial charge >= 0.3 is 0 Å². The van der Waals surface area contributed by atoms with Gasteiger partial charge in [-0.2, -0.15) is 0 Å². The first-order valence-electron chi connectivity index (χ1n) is 9.40. The van der Waals surface area contributed by atoms with E-state index in [1.54, 1.807) is 48.7 Å². The van der Waals surface area contributed by atoms with Gasteiger partial charge < -0.3 is 9.46 Å². The molecule has 0 saturated carbocycles. The number of nitrogens with one attached hydrogen (secondary N) is 2. The summed E-state index contributed by atoms with van der Waals surface area (Å²) in [4.78, 5) is 24.4. The predicted octanol–water partition coefficient (Wildman–Crippen LogP) is 5.57. The van der Waals surface area contributed by atoms with Gasteiger partial charge in [-0.25, -0.2) is 19.3 Å². The third-order valence-electron chi connectivity index (χ3n) is 4.43. The van der Waals surface area contributed by atoms with Gasteiger partial charge in [-0.05, 0) is 41.8 Å². The first-order chi connectivity index (χ1) is 15.4. The molecule has 2 aromatic heterocycles. The van der Waals surface area contributed by atoms with Gasteiger partial charge in [0.1, 0.15) is 0 Å². The summed E-state index contributed by atoms with van der Waals surface area (Å²) in [5.41, 5.74) is 2.02. The van der Waals surface area contributed by atoms with E-state index in [2.05, 4.69) is 25.0 Å². The molecule has 2 aromatic carbocycles. The number of anilines is 2. The monoisotopic (exact) mass is 469 g/mol. The highest BCUT2D eigenvalue weighted by atomic mass is 35.5. The number of aromatic nitrogens is 3. The fourth-order valence-electron chi connectivity index (χ4n) is 3.00. The number of amides is 1. The van der Waals surface area contributed by atoms with Crippen LogP contribution in [0.15, 0.2) is 59.8 Å². The lowest BCUT2D eigenvalue weighted by Crippen LogP contribution is -2.08. The van der Waals surface area contributed by atoms with Crippen molar-refractivity contribution in [2.45, 2.75) is 11.8 Å². The van der Waals surface area contributed by atoms with E-state index in [4.69, 9.17) is 16.3 Å². The van der Waals surface area contributed by atoms with Gasteiger partial charge in [0.2, 0.25) is 17.7 Å². The molecule has 0 spiro atoms. The van der Waals surface area contributed by atoms with Crippen molar-refractivity contribution in [3.8, 4) is 17.0 Å². The Bertz CT molecular complexity index is 1320. The summed E-state index contributed by atoms with van der Waals surface area (Å²) >= 11 is 7.16. The Labute approximate surface area is 192 Å². The third-order valence-corrected chi connectivity index (χ3v) is 5.47. The number of ether oxygens (including phenoxy) is 1. The van der Waals surface area contributed by atoms with Crippen LogP contribution in [-0.4, -0.2) is 28.0 Å². The Morgan fingerprint density at radius 1 is 1.16 bits per heavy atom. The van der Waals surface area contributed by atoms with Crippen LogP contribution in [0.4, 0.5) is 16.0 Å². The van der Waals surface area contributed by atoms with Crippen molar-refractivity contribution in [1.82, 2.24) is 15.0 Å². The molecule has 0 bridgehead atoms. The summed E-state index contributed by atoms with van der Waals surface area (Å²) in [7, 11) is 1.50. The first-order valence-corrected chi connectivity index (χ1v) is 10.6. The molecule has 4 aromatic rings. The molecule has 0 fully saturated rings. The van der Waals surface area contributed by atoms with Gasteiger partial charge in [0.25, 0.3) is 0 Å². The molecule has 10 heteroatoms. The number of halogens is 2. The largest absolute Gasteiger partial charge is 0.480 e. The molecular weight excluding hydrogens is 453 g/mol. The standard InChI is InChI=1S/C22H17ClFN5O2S/c1-12(30)27-22-26-10-14-8-13(6-7-17(14)28-22)16-4-3-5-18(20(16)24)29-32-19-9-15(23)11-25-21(19)31-2/h3-11,29H,1-2H3,(H,26,27,28,30). The zero-order chi connectivity index (χ0) is 22.7. The summed E-state index contributed by atoms with van der Waals surface area (Å²) in [6.45, 7) is 1.39. The average Bonchev–Trinajstić information content (AvgIpc) is 2.78. The summed E-state index contributed by atoms with van der Waals surface area (Å²) in [6, 6.07) is 12.1. The highest BCUT2D eigenvalue weighted by Gasteiger charge is 2.13. The summed E-state index contributed by atoms with van der Waals surface area (Å²) in [5.74, 6) is -0.0600. The maximum atomic E-state index is 15.3. The number of nitrogens with zero attached hydrogens (tertiary/aromatic N) is 3. The Hall–Kier alpha value is -3.43. The molecule has 2 heterocycles. The van der Waals surface area contributed by atoms with Gasteiger partial charge in [0.15, 0.2) is 5.82 Å². The molecule has 0 atom stereocenters. The minimum absolute atomic E-state index is 0.220. The van der Waals surface area contributed by atoms with E-state index < -0.39 is 5.82 Å². The van der Waals surface area contributed by atoms with E-state index in [-0.39, 0.29) is 11.9 Å². The highest BCUT2D eigenvalue weighted by Crippen LogP contribution is 2.34. The number of carbonyl (C=O) groups is 1. The Balaban J connectivity index is 1.61. The zero-order valence-corrected chi connectivity index (χ0v) is 18.6. The minimum atomic E-state index is -0.413. The predicted molar refractivity (Wildman–Crippen MR) is 125 cm³/mol. The Morgan fingerprint density at radius 3 is 2.78 bits per heavy atom. The topological polar surface area (TPSA) is 89.0 Å². The van der Waals surface area contributed by atoms with Gasteiger partial charge in [-0.3, -0.25) is 10.1 Å². The smallest absolute Gasteiger partial charge is 0.229 e. The molecule has 162 valence electrons. The minimum Gasteiger partial charge on any atom is -0.480 e. The average molecular weight is 470 g/mol. The number of pyridine rings is 1. The van der Waals surface area contributed by atoms with Crippen molar-refractivity contribution in [1.29, 1.82) is 0 Å². The number of rotatable bonds is 6. The molecule has 1 amide bonds. The van der Waals surface area contributed by atoms with Crippen LogP contribution in [0.2, 0.25) is 5.02 Å². The van der Waals surface area contributed by atoms with Crippen molar-refractivity contribution >= 4 is 52.0 Å². The van der Waals surface area contributed by atoms with Crippen LogP contribution in [0.1, 0.15) is 6.92 Å². The molecule has 7 nitrogen and oxygen atoms in total. The molecule has 0 aliphatic heterocycles. The van der Waals surface area contributed by atoms with Gasteiger partial charge in [-0.1, -0.05) is 29.8 Å². The second-order valence-corrected chi connectivity index (χ2v) is 7.97. The molecule has 0 saturated heterocycles. The van der Waals surface area contributed by atoms with E-state index in [9.17, 15) is 4.79 Å². The van der Waals surface area contributed by atoms with E-state index in [0.29, 0.717) is 38.1 Å². The third kappa shape index (κ3) is 4.74. The van der Waals surface area contributed by atoms with Crippen LogP contribution < -0.4 is 14.8 Å². The van der Waals surface area contributed by atoms with Crippen molar-refractivity contribution < 1.29 is 13.9 Å². The SMILES string of the molecule is COc1ncc(Cl)cc1SNc1cccc(-c2ccc3nc(NC(C)=O)ncc3c2)c1F. The summed E-state index contributed by atoms with van der Waals surface area (Å²) < 4.78 is 23.5. The second kappa shape index (κ2) is 9.37. The second-order valence-electron chi connectivity index (χ2n) is 6.68. The van der Waals surface area contributed by atoms with Crippen molar-refractivity contribution in [3.63, 3.8) is 0 Å². The van der Waals surface area contributed by atoms with Crippen LogP contribution >= 0.6 is 23.5 Å². The molecule has 4 rings (SSSR count). The Morgan fingerprint density at radius 2 is 2.00 bits per heavy atom. The molecular formula is C22H17ClFN5O2S. The van der Waals surface area contributed by atoms with Gasteiger partial charge in [0.05, 0.1) is 28.2 Å². The van der Waals surface area contributed by atoms with Crippen LogP contribution in [-0.2, 0) is 4.79 Å². The van der Waals surface area contributed by atoms with E-state index in [1.807, 2.05) is 0 Å². The fourth-order valence-corrected chi connectivity index (χ4v) is 4.01. The van der Waals surface area contributed by atoms with Gasteiger partial charge in [0, 0.05) is 30.3 Å². The lowest BCUT2D eigenvalue weighted by atomic mass is 10.0.